The molecular formula is C15H20N2O2. The molecule has 1 aliphatic heterocycles. The average molecular weight is 260 g/mol. The summed E-state index contributed by atoms with van der Waals surface area (Å²) in [5, 5.41) is 14.2. The number of non-ortho nitro benzene ring substituents is 1. The Morgan fingerprint density at radius 2 is 2.16 bits per heavy atom. The van der Waals surface area contributed by atoms with E-state index in [1.807, 2.05) is 6.07 Å². The lowest BCUT2D eigenvalue weighted by atomic mass is 9.76. The summed E-state index contributed by atoms with van der Waals surface area (Å²) < 4.78 is 0. The molecule has 1 aromatic rings. The van der Waals surface area contributed by atoms with Crippen LogP contribution in [-0.4, -0.2) is 11.5 Å². The Bertz CT molecular complexity index is 509. The molecule has 1 atom stereocenters. The van der Waals surface area contributed by atoms with Gasteiger partial charge in [-0.1, -0.05) is 32.6 Å². The Morgan fingerprint density at radius 3 is 2.84 bits per heavy atom. The number of nitro groups is 1. The van der Waals surface area contributed by atoms with Crippen molar-refractivity contribution < 1.29 is 4.92 Å². The zero-order chi connectivity index (χ0) is 13.5. The molecule has 1 fully saturated rings. The fourth-order valence-electron chi connectivity index (χ4n) is 3.74. The van der Waals surface area contributed by atoms with Crippen LogP contribution in [0.25, 0.3) is 0 Å². The first-order valence-electron chi connectivity index (χ1n) is 7.11. The number of fused-ring (bicyclic) bond motifs is 1. The molecule has 1 unspecified atom stereocenters. The topological polar surface area (TPSA) is 55.2 Å². The molecule has 1 aromatic carbocycles. The van der Waals surface area contributed by atoms with Crippen molar-refractivity contribution in [3.05, 3.63) is 33.9 Å². The first-order chi connectivity index (χ1) is 9.08. The van der Waals surface area contributed by atoms with Gasteiger partial charge in [0.05, 0.1) is 4.92 Å². The third-order valence-electron chi connectivity index (χ3n) is 4.75. The molecule has 0 aromatic heterocycles. The van der Waals surface area contributed by atoms with E-state index in [0.29, 0.717) is 0 Å². The number of nitrogens with zero attached hydrogens (tertiary/aromatic N) is 1. The zero-order valence-corrected chi connectivity index (χ0v) is 11.3. The molecule has 0 spiro atoms. The van der Waals surface area contributed by atoms with E-state index in [1.54, 1.807) is 12.1 Å². The van der Waals surface area contributed by atoms with Crippen molar-refractivity contribution in [1.29, 1.82) is 0 Å². The van der Waals surface area contributed by atoms with Crippen LogP contribution in [0.3, 0.4) is 0 Å². The van der Waals surface area contributed by atoms with Crippen LogP contribution in [0.1, 0.15) is 44.6 Å². The Morgan fingerprint density at radius 1 is 1.42 bits per heavy atom. The van der Waals surface area contributed by atoms with Crippen molar-refractivity contribution in [2.24, 2.45) is 5.92 Å². The van der Waals surface area contributed by atoms with E-state index in [-0.39, 0.29) is 16.0 Å². The standard InChI is InChI=1S/C15H20N2O2/c1-15(9-11-4-2-3-5-11)10-16-14-8-12(17(18)19)6-7-13(14)15/h6-8,11,16H,2-5,9-10H2,1H3. The highest BCUT2D eigenvalue weighted by Gasteiger charge is 2.37. The van der Waals surface area contributed by atoms with Gasteiger partial charge in [0, 0.05) is 29.8 Å². The molecule has 1 N–H and O–H groups in total. The second-order valence-electron chi connectivity index (χ2n) is 6.26. The summed E-state index contributed by atoms with van der Waals surface area (Å²) in [5.74, 6) is 0.827. The van der Waals surface area contributed by atoms with Gasteiger partial charge < -0.3 is 5.32 Å². The molecule has 4 nitrogen and oxygen atoms in total. The molecule has 0 bridgehead atoms. The van der Waals surface area contributed by atoms with Crippen LogP contribution in [0.4, 0.5) is 11.4 Å². The Balaban J connectivity index is 1.86. The Labute approximate surface area is 113 Å². The van der Waals surface area contributed by atoms with Gasteiger partial charge in [-0.15, -0.1) is 0 Å². The van der Waals surface area contributed by atoms with E-state index in [2.05, 4.69) is 12.2 Å². The summed E-state index contributed by atoms with van der Waals surface area (Å²) >= 11 is 0. The Kier molecular flexibility index (Phi) is 2.96. The molecule has 2 aliphatic rings. The molecule has 1 heterocycles. The van der Waals surface area contributed by atoms with Crippen LogP contribution in [0, 0.1) is 16.0 Å². The number of rotatable bonds is 3. The minimum absolute atomic E-state index is 0.138. The molecule has 4 heteroatoms. The van der Waals surface area contributed by atoms with Gasteiger partial charge in [0.2, 0.25) is 0 Å². The SMILES string of the molecule is CC1(CC2CCCC2)CNc2cc([N+](=O)[O-])ccc21. The van der Waals surface area contributed by atoms with Crippen LogP contribution >= 0.6 is 0 Å². The lowest BCUT2D eigenvalue weighted by Gasteiger charge is -2.27. The number of benzene rings is 1. The fraction of sp³-hybridized carbons (Fsp3) is 0.600. The van der Waals surface area contributed by atoms with E-state index >= 15 is 0 Å². The number of anilines is 1. The minimum atomic E-state index is -0.325. The summed E-state index contributed by atoms with van der Waals surface area (Å²) in [7, 11) is 0. The smallest absolute Gasteiger partial charge is 0.271 e. The Hall–Kier alpha value is -1.58. The lowest BCUT2D eigenvalue weighted by molar-refractivity contribution is -0.384. The van der Waals surface area contributed by atoms with E-state index in [0.717, 1.165) is 18.2 Å². The molecule has 19 heavy (non-hydrogen) atoms. The molecule has 0 radical (unpaired) electrons. The first-order valence-corrected chi connectivity index (χ1v) is 7.11. The number of nitro benzene ring substituents is 1. The quantitative estimate of drug-likeness (QED) is 0.663. The monoisotopic (exact) mass is 260 g/mol. The second-order valence-corrected chi connectivity index (χ2v) is 6.26. The molecule has 3 rings (SSSR count). The minimum Gasteiger partial charge on any atom is -0.384 e. The van der Waals surface area contributed by atoms with Crippen molar-refractivity contribution in [1.82, 2.24) is 0 Å². The van der Waals surface area contributed by atoms with Gasteiger partial charge in [-0.05, 0) is 24.0 Å². The molecule has 1 aliphatic carbocycles. The molecule has 102 valence electrons. The van der Waals surface area contributed by atoms with Crippen LogP contribution in [-0.2, 0) is 5.41 Å². The van der Waals surface area contributed by atoms with Crippen molar-refractivity contribution in [3.8, 4) is 0 Å². The molecular weight excluding hydrogens is 240 g/mol. The van der Waals surface area contributed by atoms with E-state index < -0.39 is 0 Å². The highest BCUT2D eigenvalue weighted by atomic mass is 16.6. The van der Waals surface area contributed by atoms with Gasteiger partial charge in [-0.2, -0.15) is 0 Å². The summed E-state index contributed by atoms with van der Waals surface area (Å²) in [6.07, 6.45) is 6.61. The summed E-state index contributed by atoms with van der Waals surface area (Å²) in [6.45, 7) is 3.19. The van der Waals surface area contributed by atoms with Crippen molar-refractivity contribution in [2.75, 3.05) is 11.9 Å². The van der Waals surface area contributed by atoms with E-state index in [4.69, 9.17) is 0 Å². The van der Waals surface area contributed by atoms with Crippen LogP contribution in [0.2, 0.25) is 0 Å². The maximum atomic E-state index is 10.8. The normalized spacial score (nSPS) is 26.2. The van der Waals surface area contributed by atoms with E-state index in [9.17, 15) is 10.1 Å². The number of nitrogens with one attached hydrogen (secondary N) is 1. The number of hydrogen-bond acceptors (Lipinski definition) is 3. The third-order valence-corrected chi connectivity index (χ3v) is 4.75. The summed E-state index contributed by atoms with van der Waals surface area (Å²) in [5.41, 5.74) is 2.52. The maximum absolute atomic E-state index is 10.8. The van der Waals surface area contributed by atoms with Crippen LogP contribution in [0.5, 0.6) is 0 Å². The summed E-state index contributed by atoms with van der Waals surface area (Å²) in [4.78, 5) is 10.5. The first kappa shape index (κ1) is 12.5. The fourth-order valence-corrected chi connectivity index (χ4v) is 3.74. The van der Waals surface area contributed by atoms with Crippen LogP contribution < -0.4 is 5.32 Å². The molecule has 0 amide bonds. The highest BCUT2D eigenvalue weighted by Crippen LogP contribution is 2.44. The van der Waals surface area contributed by atoms with Crippen molar-refractivity contribution in [3.63, 3.8) is 0 Å². The molecule has 1 saturated carbocycles. The van der Waals surface area contributed by atoms with Gasteiger partial charge in [-0.3, -0.25) is 10.1 Å². The van der Waals surface area contributed by atoms with Gasteiger partial charge in [0.15, 0.2) is 0 Å². The van der Waals surface area contributed by atoms with Crippen LogP contribution in [0.15, 0.2) is 18.2 Å². The van der Waals surface area contributed by atoms with Gasteiger partial charge in [-0.25, -0.2) is 0 Å². The third kappa shape index (κ3) is 2.20. The van der Waals surface area contributed by atoms with Gasteiger partial charge in [0.1, 0.15) is 0 Å². The van der Waals surface area contributed by atoms with E-state index in [1.165, 1.54) is 37.7 Å². The lowest BCUT2D eigenvalue weighted by Crippen LogP contribution is -2.27. The summed E-state index contributed by atoms with van der Waals surface area (Å²) in [6, 6.07) is 5.26. The van der Waals surface area contributed by atoms with Gasteiger partial charge in [0.25, 0.3) is 5.69 Å². The predicted molar refractivity (Wildman–Crippen MR) is 75.5 cm³/mol. The highest BCUT2D eigenvalue weighted by molar-refractivity contribution is 5.64. The molecule has 0 saturated heterocycles. The number of hydrogen-bond donors (Lipinski definition) is 1. The van der Waals surface area contributed by atoms with Gasteiger partial charge >= 0.3 is 0 Å². The zero-order valence-electron chi connectivity index (χ0n) is 11.3. The van der Waals surface area contributed by atoms with Crippen molar-refractivity contribution >= 4 is 11.4 Å². The van der Waals surface area contributed by atoms with Crippen molar-refractivity contribution in [2.45, 2.75) is 44.4 Å². The largest absolute Gasteiger partial charge is 0.384 e. The average Bonchev–Trinajstić information content (AvgIpc) is 2.98. The predicted octanol–water partition coefficient (Wildman–Crippen LogP) is 3.86. The second kappa shape index (κ2) is 4.51. The maximum Gasteiger partial charge on any atom is 0.271 e.